The zero-order chi connectivity index (χ0) is 16.1. The molecule has 1 heterocycles. The van der Waals surface area contributed by atoms with Gasteiger partial charge in [0, 0.05) is 26.5 Å². The predicted octanol–water partition coefficient (Wildman–Crippen LogP) is 0.729. The lowest BCUT2D eigenvalue weighted by molar-refractivity contribution is -0.137. The van der Waals surface area contributed by atoms with Gasteiger partial charge >= 0.3 is 0 Å². The fourth-order valence-electron chi connectivity index (χ4n) is 2.70. The fourth-order valence-corrected chi connectivity index (χ4v) is 2.70. The number of benzene rings is 1. The molecule has 0 unspecified atom stereocenters. The van der Waals surface area contributed by atoms with Crippen molar-refractivity contribution < 1.29 is 19.1 Å². The highest BCUT2D eigenvalue weighted by molar-refractivity contribution is 5.87. The molecule has 0 spiro atoms. The van der Waals surface area contributed by atoms with Gasteiger partial charge in [0.25, 0.3) is 0 Å². The number of nitrogens with two attached hydrogens (primary N) is 1. The summed E-state index contributed by atoms with van der Waals surface area (Å²) in [5.74, 6) is 0.239. The van der Waals surface area contributed by atoms with Crippen molar-refractivity contribution in [1.82, 2.24) is 4.90 Å². The van der Waals surface area contributed by atoms with Crippen molar-refractivity contribution in [3.63, 3.8) is 0 Å². The standard InChI is InChI=1S/C16H22N2O4/c1-21-12-6-3-11(4-7-12)5-8-15(19)18-10-13(22-2)9-14(18)16(17)20/h3-4,6-7,13-14H,5,8-10H2,1-2H3,(H2,17,20)/t13-,14-/m0/s1. The molecule has 0 bridgehead atoms. The second kappa shape index (κ2) is 7.26. The number of carbonyl (C=O) groups excluding carboxylic acids is 2. The van der Waals surface area contributed by atoms with Crippen molar-refractivity contribution >= 4 is 11.8 Å². The Bertz CT molecular complexity index is 529. The highest BCUT2D eigenvalue weighted by Crippen LogP contribution is 2.21. The first-order chi connectivity index (χ1) is 10.5. The number of amides is 2. The van der Waals surface area contributed by atoms with Crippen LogP contribution in [0.5, 0.6) is 5.75 Å². The van der Waals surface area contributed by atoms with E-state index >= 15 is 0 Å². The Morgan fingerprint density at radius 1 is 1.27 bits per heavy atom. The number of hydrogen-bond donors (Lipinski definition) is 1. The predicted molar refractivity (Wildman–Crippen MR) is 81.4 cm³/mol. The molecular formula is C16H22N2O4. The molecule has 1 aromatic rings. The lowest BCUT2D eigenvalue weighted by Crippen LogP contribution is -2.43. The van der Waals surface area contributed by atoms with Crippen LogP contribution in [-0.2, 0) is 20.7 Å². The van der Waals surface area contributed by atoms with E-state index in [1.54, 1.807) is 19.1 Å². The monoisotopic (exact) mass is 306 g/mol. The number of primary amides is 1. The minimum Gasteiger partial charge on any atom is -0.497 e. The zero-order valence-electron chi connectivity index (χ0n) is 13.0. The van der Waals surface area contributed by atoms with Crippen LogP contribution in [-0.4, -0.2) is 49.6 Å². The maximum Gasteiger partial charge on any atom is 0.240 e. The summed E-state index contributed by atoms with van der Waals surface area (Å²) in [4.78, 5) is 25.4. The van der Waals surface area contributed by atoms with Gasteiger partial charge in [0.05, 0.1) is 13.2 Å². The Balaban J connectivity index is 1.94. The van der Waals surface area contributed by atoms with Gasteiger partial charge < -0.3 is 20.1 Å². The number of aryl methyl sites for hydroxylation is 1. The normalized spacial score (nSPS) is 20.9. The second-order valence-electron chi connectivity index (χ2n) is 5.41. The average Bonchev–Trinajstić information content (AvgIpc) is 2.98. The highest BCUT2D eigenvalue weighted by atomic mass is 16.5. The molecule has 2 N–H and O–H groups in total. The lowest BCUT2D eigenvalue weighted by atomic mass is 10.1. The van der Waals surface area contributed by atoms with Crippen LogP contribution in [0.25, 0.3) is 0 Å². The second-order valence-corrected chi connectivity index (χ2v) is 5.41. The van der Waals surface area contributed by atoms with Crippen LogP contribution in [0.15, 0.2) is 24.3 Å². The molecule has 0 radical (unpaired) electrons. The summed E-state index contributed by atoms with van der Waals surface area (Å²) in [6, 6.07) is 7.03. The molecule has 1 saturated heterocycles. The number of methoxy groups -OCH3 is 2. The molecule has 6 nitrogen and oxygen atoms in total. The van der Waals surface area contributed by atoms with Crippen molar-refractivity contribution in [2.24, 2.45) is 5.73 Å². The SMILES string of the molecule is COc1ccc(CCC(=O)N2C[C@@H](OC)C[C@H]2C(N)=O)cc1. The van der Waals surface area contributed by atoms with Crippen molar-refractivity contribution in [2.75, 3.05) is 20.8 Å². The zero-order valence-corrected chi connectivity index (χ0v) is 13.0. The average molecular weight is 306 g/mol. The van der Waals surface area contributed by atoms with E-state index < -0.39 is 11.9 Å². The van der Waals surface area contributed by atoms with Gasteiger partial charge in [0.2, 0.25) is 11.8 Å². The van der Waals surface area contributed by atoms with Gasteiger partial charge in [-0.25, -0.2) is 0 Å². The first-order valence-corrected chi connectivity index (χ1v) is 7.29. The Kier molecular flexibility index (Phi) is 5.38. The maximum absolute atomic E-state index is 12.4. The third-order valence-corrected chi connectivity index (χ3v) is 4.03. The van der Waals surface area contributed by atoms with Crippen LogP contribution in [0.1, 0.15) is 18.4 Å². The summed E-state index contributed by atoms with van der Waals surface area (Å²) >= 11 is 0. The molecule has 2 rings (SSSR count). The molecule has 0 aromatic heterocycles. The smallest absolute Gasteiger partial charge is 0.240 e. The number of likely N-dealkylation sites (tertiary alicyclic amines) is 1. The van der Waals surface area contributed by atoms with Crippen molar-refractivity contribution in [3.8, 4) is 5.75 Å². The van der Waals surface area contributed by atoms with E-state index in [1.807, 2.05) is 24.3 Å². The molecule has 6 heteroatoms. The van der Waals surface area contributed by atoms with Crippen molar-refractivity contribution in [2.45, 2.75) is 31.4 Å². The maximum atomic E-state index is 12.4. The van der Waals surface area contributed by atoms with Crippen molar-refractivity contribution in [1.29, 1.82) is 0 Å². The van der Waals surface area contributed by atoms with Crippen LogP contribution in [0.4, 0.5) is 0 Å². The van der Waals surface area contributed by atoms with E-state index in [2.05, 4.69) is 0 Å². The van der Waals surface area contributed by atoms with E-state index in [4.69, 9.17) is 15.2 Å². The molecular weight excluding hydrogens is 284 g/mol. The summed E-state index contributed by atoms with van der Waals surface area (Å²) < 4.78 is 10.3. The van der Waals surface area contributed by atoms with Gasteiger partial charge in [-0.2, -0.15) is 0 Å². The van der Waals surface area contributed by atoms with E-state index in [0.717, 1.165) is 11.3 Å². The molecule has 2 amide bonds. The fraction of sp³-hybridized carbons (Fsp3) is 0.500. The largest absolute Gasteiger partial charge is 0.497 e. The van der Waals surface area contributed by atoms with Crippen LogP contribution in [0, 0.1) is 0 Å². The highest BCUT2D eigenvalue weighted by Gasteiger charge is 2.38. The quantitative estimate of drug-likeness (QED) is 0.840. The van der Waals surface area contributed by atoms with Gasteiger partial charge in [-0.1, -0.05) is 12.1 Å². The Labute approximate surface area is 130 Å². The number of ether oxygens (including phenoxy) is 2. The third kappa shape index (κ3) is 3.76. The van der Waals surface area contributed by atoms with Crippen LogP contribution >= 0.6 is 0 Å². The molecule has 22 heavy (non-hydrogen) atoms. The summed E-state index contributed by atoms with van der Waals surface area (Å²) in [6.45, 7) is 0.422. The van der Waals surface area contributed by atoms with Gasteiger partial charge in [-0.15, -0.1) is 0 Å². The number of carbonyl (C=O) groups is 2. The molecule has 120 valence electrons. The first kappa shape index (κ1) is 16.3. The Hall–Kier alpha value is -2.08. The minimum absolute atomic E-state index is 0.0702. The molecule has 0 saturated carbocycles. The van der Waals surface area contributed by atoms with E-state index in [9.17, 15) is 9.59 Å². The first-order valence-electron chi connectivity index (χ1n) is 7.29. The number of hydrogen-bond acceptors (Lipinski definition) is 4. The minimum atomic E-state index is -0.562. The third-order valence-electron chi connectivity index (χ3n) is 4.03. The lowest BCUT2D eigenvalue weighted by Gasteiger charge is -2.22. The van der Waals surface area contributed by atoms with Gasteiger partial charge in [0.15, 0.2) is 0 Å². The molecule has 1 fully saturated rings. The van der Waals surface area contributed by atoms with E-state index in [1.165, 1.54) is 0 Å². The van der Waals surface area contributed by atoms with E-state index in [-0.39, 0.29) is 12.0 Å². The van der Waals surface area contributed by atoms with Gasteiger partial charge in [0.1, 0.15) is 11.8 Å². The van der Waals surface area contributed by atoms with Crippen LogP contribution in [0.2, 0.25) is 0 Å². The Morgan fingerprint density at radius 2 is 1.95 bits per heavy atom. The van der Waals surface area contributed by atoms with Crippen molar-refractivity contribution in [3.05, 3.63) is 29.8 Å². The molecule has 0 aliphatic carbocycles. The summed E-state index contributed by atoms with van der Waals surface area (Å²) in [7, 11) is 3.19. The molecule has 1 aliphatic rings. The molecule has 2 atom stereocenters. The van der Waals surface area contributed by atoms with Crippen LogP contribution < -0.4 is 10.5 Å². The molecule has 1 aliphatic heterocycles. The summed E-state index contributed by atoms with van der Waals surface area (Å²) in [5, 5.41) is 0. The van der Waals surface area contributed by atoms with Gasteiger partial charge in [-0.05, 0) is 24.1 Å². The summed E-state index contributed by atoms with van der Waals surface area (Å²) in [5.41, 5.74) is 6.43. The van der Waals surface area contributed by atoms with E-state index in [0.29, 0.717) is 25.8 Å². The topological polar surface area (TPSA) is 81.9 Å². The number of nitrogens with zero attached hydrogens (tertiary/aromatic N) is 1. The Morgan fingerprint density at radius 3 is 2.50 bits per heavy atom. The van der Waals surface area contributed by atoms with Crippen LogP contribution in [0.3, 0.4) is 0 Å². The molecule has 1 aromatic carbocycles. The van der Waals surface area contributed by atoms with Gasteiger partial charge in [-0.3, -0.25) is 9.59 Å². The number of rotatable bonds is 6. The summed E-state index contributed by atoms with van der Waals surface area (Å²) in [6.07, 6.45) is 1.30.